The van der Waals surface area contributed by atoms with Gasteiger partial charge in [0.15, 0.2) is 0 Å². The maximum Gasteiger partial charge on any atom is 0.251 e. The first kappa shape index (κ1) is 13.4. The van der Waals surface area contributed by atoms with E-state index in [-0.39, 0.29) is 11.9 Å². The molecule has 0 unspecified atom stereocenters. The molecule has 1 fully saturated rings. The summed E-state index contributed by atoms with van der Waals surface area (Å²) in [6.07, 6.45) is 3.77. The van der Waals surface area contributed by atoms with Gasteiger partial charge >= 0.3 is 0 Å². The van der Waals surface area contributed by atoms with Crippen LogP contribution in [0.2, 0.25) is 0 Å². The molecule has 6 nitrogen and oxygen atoms in total. The van der Waals surface area contributed by atoms with Crippen LogP contribution in [-0.4, -0.2) is 21.9 Å². The standard InChI is InChI=1S/C15H17N5O/c16-15-17-7-6-13(20-15)18-9-10-2-1-3-11(8-10)14(21)19-12-4-5-12/h1-3,6-8,12H,4-5,9H2,(H,19,21)(H3,16,17,18,20). The Morgan fingerprint density at radius 3 is 2.95 bits per heavy atom. The van der Waals surface area contributed by atoms with Crippen molar-refractivity contribution in [3.63, 3.8) is 0 Å². The number of nitrogens with one attached hydrogen (secondary N) is 2. The molecule has 4 N–H and O–H groups in total. The fourth-order valence-electron chi connectivity index (χ4n) is 1.98. The zero-order valence-electron chi connectivity index (χ0n) is 11.5. The van der Waals surface area contributed by atoms with Crippen LogP contribution >= 0.6 is 0 Å². The van der Waals surface area contributed by atoms with Crippen molar-refractivity contribution in [1.82, 2.24) is 15.3 Å². The highest BCUT2D eigenvalue weighted by molar-refractivity contribution is 5.94. The molecule has 0 saturated heterocycles. The third-order valence-corrected chi connectivity index (χ3v) is 3.25. The third kappa shape index (κ3) is 3.68. The van der Waals surface area contributed by atoms with Crippen LogP contribution in [0.25, 0.3) is 0 Å². The number of carbonyl (C=O) groups is 1. The molecule has 3 rings (SSSR count). The van der Waals surface area contributed by atoms with Crippen molar-refractivity contribution in [3.05, 3.63) is 47.7 Å². The molecule has 1 amide bonds. The maximum absolute atomic E-state index is 12.0. The molecule has 0 radical (unpaired) electrons. The molecule has 6 heteroatoms. The number of aromatic nitrogens is 2. The number of hydrogen-bond donors (Lipinski definition) is 3. The van der Waals surface area contributed by atoms with E-state index < -0.39 is 0 Å². The van der Waals surface area contributed by atoms with Crippen LogP contribution in [0.1, 0.15) is 28.8 Å². The van der Waals surface area contributed by atoms with Gasteiger partial charge < -0.3 is 16.4 Å². The van der Waals surface area contributed by atoms with Crippen molar-refractivity contribution >= 4 is 17.7 Å². The Labute approximate surface area is 122 Å². The van der Waals surface area contributed by atoms with E-state index in [0.717, 1.165) is 18.4 Å². The predicted molar refractivity (Wildman–Crippen MR) is 80.7 cm³/mol. The van der Waals surface area contributed by atoms with Gasteiger partial charge in [-0.2, -0.15) is 4.98 Å². The Bertz CT molecular complexity index is 654. The van der Waals surface area contributed by atoms with Crippen molar-refractivity contribution < 1.29 is 4.79 Å². The van der Waals surface area contributed by atoms with E-state index in [1.165, 1.54) is 0 Å². The molecule has 1 aromatic carbocycles. The van der Waals surface area contributed by atoms with E-state index in [1.807, 2.05) is 24.3 Å². The minimum Gasteiger partial charge on any atom is -0.368 e. The summed E-state index contributed by atoms with van der Waals surface area (Å²) >= 11 is 0. The highest BCUT2D eigenvalue weighted by Gasteiger charge is 2.23. The second-order valence-corrected chi connectivity index (χ2v) is 5.10. The monoisotopic (exact) mass is 283 g/mol. The van der Waals surface area contributed by atoms with Gasteiger partial charge in [-0.15, -0.1) is 0 Å². The van der Waals surface area contributed by atoms with Crippen LogP contribution in [0.3, 0.4) is 0 Å². The van der Waals surface area contributed by atoms with Crippen molar-refractivity contribution in [2.75, 3.05) is 11.1 Å². The van der Waals surface area contributed by atoms with Crippen molar-refractivity contribution in [2.45, 2.75) is 25.4 Å². The predicted octanol–water partition coefficient (Wildman–Crippen LogP) is 1.56. The lowest BCUT2D eigenvalue weighted by molar-refractivity contribution is 0.0951. The van der Waals surface area contributed by atoms with E-state index in [2.05, 4.69) is 20.6 Å². The highest BCUT2D eigenvalue weighted by Crippen LogP contribution is 2.19. The SMILES string of the molecule is Nc1nccc(NCc2cccc(C(=O)NC3CC3)c2)n1. The van der Waals surface area contributed by atoms with E-state index in [0.29, 0.717) is 24.0 Å². The van der Waals surface area contributed by atoms with E-state index in [4.69, 9.17) is 5.73 Å². The number of hydrogen-bond acceptors (Lipinski definition) is 5. The van der Waals surface area contributed by atoms with Gasteiger partial charge in [0.1, 0.15) is 5.82 Å². The Morgan fingerprint density at radius 2 is 2.19 bits per heavy atom. The summed E-state index contributed by atoms with van der Waals surface area (Å²) in [7, 11) is 0. The summed E-state index contributed by atoms with van der Waals surface area (Å²) < 4.78 is 0. The lowest BCUT2D eigenvalue weighted by Crippen LogP contribution is -2.25. The molecular weight excluding hydrogens is 266 g/mol. The van der Waals surface area contributed by atoms with Gasteiger partial charge in [0.25, 0.3) is 5.91 Å². The fraction of sp³-hybridized carbons (Fsp3) is 0.267. The van der Waals surface area contributed by atoms with Crippen molar-refractivity contribution in [1.29, 1.82) is 0 Å². The summed E-state index contributed by atoms with van der Waals surface area (Å²) in [4.78, 5) is 19.9. The first-order valence-corrected chi connectivity index (χ1v) is 6.93. The number of amides is 1. The number of benzene rings is 1. The Balaban J connectivity index is 1.63. The second kappa shape index (κ2) is 5.78. The number of anilines is 2. The van der Waals surface area contributed by atoms with Crippen LogP contribution in [0, 0.1) is 0 Å². The van der Waals surface area contributed by atoms with Gasteiger partial charge in [-0.05, 0) is 36.6 Å². The highest BCUT2D eigenvalue weighted by atomic mass is 16.1. The van der Waals surface area contributed by atoms with Gasteiger partial charge in [-0.3, -0.25) is 4.79 Å². The summed E-state index contributed by atoms with van der Waals surface area (Å²) in [6.45, 7) is 0.570. The Kier molecular flexibility index (Phi) is 3.68. The van der Waals surface area contributed by atoms with Crippen LogP contribution in [0.5, 0.6) is 0 Å². The van der Waals surface area contributed by atoms with Crippen molar-refractivity contribution in [3.8, 4) is 0 Å². The molecule has 0 spiro atoms. The zero-order chi connectivity index (χ0) is 14.7. The molecule has 1 saturated carbocycles. The normalized spacial score (nSPS) is 13.7. The molecule has 21 heavy (non-hydrogen) atoms. The first-order valence-electron chi connectivity index (χ1n) is 6.93. The number of nitrogens with two attached hydrogens (primary N) is 1. The Morgan fingerprint density at radius 1 is 1.33 bits per heavy atom. The van der Waals surface area contributed by atoms with Crippen LogP contribution in [0.15, 0.2) is 36.5 Å². The smallest absolute Gasteiger partial charge is 0.251 e. The lowest BCUT2D eigenvalue weighted by Gasteiger charge is -2.08. The lowest BCUT2D eigenvalue weighted by atomic mass is 10.1. The van der Waals surface area contributed by atoms with Gasteiger partial charge in [-0.1, -0.05) is 12.1 Å². The average Bonchev–Trinajstić information content (AvgIpc) is 3.29. The van der Waals surface area contributed by atoms with Gasteiger partial charge in [0.05, 0.1) is 0 Å². The average molecular weight is 283 g/mol. The topological polar surface area (TPSA) is 92.9 Å². The third-order valence-electron chi connectivity index (χ3n) is 3.25. The number of nitrogens with zero attached hydrogens (tertiary/aromatic N) is 2. The Hall–Kier alpha value is -2.63. The first-order chi connectivity index (χ1) is 10.2. The van der Waals surface area contributed by atoms with E-state index >= 15 is 0 Å². The minimum absolute atomic E-state index is 0.00868. The molecule has 1 heterocycles. The molecule has 1 aromatic heterocycles. The summed E-state index contributed by atoms with van der Waals surface area (Å²) in [6, 6.07) is 9.67. The maximum atomic E-state index is 12.0. The molecule has 2 aromatic rings. The largest absolute Gasteiger partial charge is 0.368 e. The molecule has 108 valence electrons. The van der Waals surface area contributed by atoms with Crippen molar-refractivity contribution in [2.24, 2.45) is 0 Å². The van der Waals surface area contributed by atoms with Gasteiger partial charge in [0.2, 0.25) is 5.95 Å². The fourth-order valence-corrected chi connectivity index (χ4v) is 1.98. The van der Waals surface area contributed by atoms with Crippen LogP contribution in [0.4, 0.5) is 11.8 Å². The van der Waals surface area contributed by atoms with E-state index in [1.54, 1.807) is 12.3 Å². The van der Waals surface area contributed by atoms with Crippen LogP contribution < -0.4 is 16.4 Å². The quantitative estimate of drug-likeness (QED) is 0.774. The summed E-state index contributed by atoms with van der Waals surface area (Å²) in [5.74, 6) is 0.888. The second-order valence-electron chi connectivity index (χ2n) is 5.10. The zero-order valence-corrected chi connectivity index (χ0v) is 11.5. The van der Waals surface area contributed by atoms with Gasteiger partial charge in [0, 0.05) is 24.3 Å². The number of nitrogen functional groups attached to an aromatic ring is 1. The molecule has 0 aliphatic heterocycles. The number of carbonyl (C=O) groups excluding carboxylic acids is 1. The van der Waals surface area contributed by atoms with E-state index in [9.17, 15) is 4.79 Å². The summed E-state index contributed by atoms with van der Waals surface area (Å²) in [5.41, 5.74) is 7.22. The van der Waals surface area contributed by atoms with Crippen LogP contribution in [-0.2, 0) is 6.54 Å². The molecular formula is C15H17N5O. The molecule has 0 bridgehead atoms. The molecule has 1 aliphatic rings. The summed E-state index contributed by atoms with van der Waals surface area (Å²) in [5, 5.41) is 6.14. The molecule has 1 aliphatic carbocycles. The minimum atomic E-state index is -0.00868. The number of rotatable bonds is 5. The van der Waals surface area contributed by atoms with Gasteiger partial charge in [-0.25, -0.2) is 4.98 Å². The molecule has 0 atom stereocenters.